The van der Waals surface area contributed by atoms with Gasteiger partial charge in [-0.2, -0.15) is 0 Å². The Balaban J connectivity index is 2.19. The number of rotatable bonds is 1. The van der Waals surface area contributed by atoms with Gasteiger partial charge in [-0.05, 0) is 0 Å². The van der Waals surface area contributed by atoms with Crippen LogP contribution in [-0.4, -0.2) is 29.5 Å². The molecular formula is C10H11N3. The molecule has 0 saturated heterocycles. The van der Waals surface area contributed by atoms with Crippen molar-refractivity contribution in [2.75, 3.05) is 6.54 Å². The summed E-state index contributed by atoms with van der Waals surface area (Å²) in [5.74, 6) is 2.59. The highest BCUT2D eigenvalue weighted by Gasteiger charge is 2.27. The summed E-state index contributed by atoms with van der Waals surface area (Å²) in [6, 6.07) is 0.162. The van der Waals surface area contributed by atoms with E-state index in [1.54, 1.807) is 6.34 Å². The molecule has 0 aromatic rings. The van der Waals surface area contributed by atoms with Crippen LogP contribution in [0.1, 0.15) is 12.8 Å². The lowest BCUT2D eigenvalue weighted by Gasteiger charge is -2.21. The molecule has 1 aliphatic carbocycles. The van der Waals surface area contributed by atoms with Crippen LogP contribution in [0.25, 0.3) is 0 Å². The molecule has 2 rings (SSSR count). The molecule has 66 valence electrons. The first-order valence-corrected chi connectivity index (χ1v) is 4.31. The summed E-state index contributed by atoms with van der Waals surface area (Å²) < 4.78 is 0. The smallest absolute Gasteiger partial charge is 0.0966 e. The second-order valence-electron chi connectivity index (χ2n) is 3.25. The van der Waals surface area contributed by atoms with Crippen LogP contribution in [0.15, 0.2) is 16.8 Å². The number of allylic oxidation sites excluding steroid dienone is 1. The van der Waals surface area contributed by atoms with Gasteiger partial charge in [-0.25, -0.2) is 0 Å². The van der Waals surface area contributed by atoms with Gasteiger partial charge in [0.1, 0.15) is 0 Å². The standard InChI is InChI=1S/C10H11N3/c1-2-5-13-7-12-9-6-8(11)3-4-10(9)13/h1,4,7,9,11H,3,5-6H2. The lowest BCUT2D eigenvalue weighted by Crippen LogP contribution is -2.25. The van der Waals surface area contributed by atoms with Crippen molar-refractivity contribution >= 4 is 12.1 Å². The van der Waals surface area contributed by atoms with Gasteiger partial charge in [-0.1, -0.05) is 12.0 Å². The molecule has 13 heavy (non-hydrogen) atoms. The van der Waals surface area contributed by atoms with Gasteiger partial charge in [0.15, 0.2) is 0 Å². The van der Waals surface area contributed by atoms with Gasteiger partial charge >= 0.3 is 0 Å². The van der Waals surface area contributed by atoms with Crippen LogP contribution < -0.4 is 0 Å². The lowest BCUT2D eigenvalue weighted by molar-refractivity contribution is 0.567. The van der Waals surface area contributed by atoms with E-state index < -0.39 is 0 Å². The lowest BCUT2D eigenvalue weighted by atomic mass is 9.98. The highest BCUT2D eigenvalue weighted by Crippen LogP contribution is 2.25. The molecule has 1 atom stereocenters. The van der Waals surface area contributed by atoms with Crippen molar-refractivity contribution in [1.29, 1.82) is 5.41 Å². The summed E-state index contributed by atoms with van der Waals surface area (Å²) >= 11 is 0. The van der Waals surface area contributed by atoms with E-state index in [-0.39, 0.29) is 6.04 Å². The van der Waals surface area contributed by atoms with E-state index in [9.17, 15) is 0 Å². The molecule has 0 aromatic heterocycles. The van der Waals surface area contributed by atoms with Crippen molar-refractivity contribution in [2.24, 2.45) is 4.99 Å². The van der Waals surface area contributed by atoms with Crippen molar-refractivity contribution in [3.05, 3.63) is 11.8 Å². The predicted octanol–water partition coefficient (Wildman–Crippen LogP) is 1.03. The Morgan fingerprint density at radius 2 is 2.62 bits per heavy atom. The normalized spacial score (nSPS) is 25.5. The largest absolute Gasteiger partial charge is 0.323 e. The Hall–Kier alpha value is -1.56. The Morgan fingerprint density at radius 3 is 3.38 bits per heavy atom. The Morgan fingerprint density at radius 1 is 1.77 bits per heavy atom. The highest BCUT2D eigenvalue weighted by atomic mass is 15.2. The molecule has 3 heteroatoms. The van der Waals surface area contributed by atoms with Gasteiger partial charge in [0.25, 0.3) is 0 Å². The van der Waals surface area contributed by atoms with Crippen molar-refractivity contribution in [3.63, 3.8) is 0 Å². The second kappa shape index (κ2) is 3.06. The Labute approximate surface area is 77.7 Å². The molecule has 3 nitrogen and oxygen atoms in total. The van der Waals surface area contributed by atoms with E-state index >= 15 is 0 Å². The summed E-state index contributed by atoms with van der Waals surface area (Å²) in [5.41, 5.74) is 1.93. The Kier molecular flexibility index (Phi) is 1.90. The van der Waals surface area contributed by atoms with Crippen LogP contribution in [0.2, 0.25) is 0 Å². The maximum Gasteiger partial charge on any atom is 0.0966 e. The minimum Gasteiger partial charge on any atom is -0.323 e. The van der Waals surface area contributed by atoms with Crippen LogP contribution in [0.3, 0.4) is 0 Å². The Bertz CT molecular complexity index is 333. The van der Waals surface area contributed by atoms with Gasteiger partial charge in [-0.15, -0.1) is 6.42 Å². The zero-order chi connectivity index (χ0) is 9.26. The first kappa shape index (κ1) is 8.06. The first-order chi connectivity index (χ1) is 6.31. The van der Waals surface area contributed by atoms with Crippen molar-refractivity contribution in [2.45, 2.75) is 18.9 Å². The number of nitrogens with one attached hydrogen (secondary N) is 1. The summed E-state index contributed by atoms with van der Waals surface area (Å²) in [5, 5.41) is 7.53. The topological polar surface area (TPSA) is 39.5 Å². The van der Waals surface area contributed by atoms with E-state index in [0.29, 0.717) is 6.54 Å². The second-order valence-corrected chi connectivity index (χ2v) is 3.25. The number of terminal acetylenes is 1. The maximum absolute atomic E-state index is 7.53. The first-order valence-electron chi connectivity index (χ1n) is 4.31. The quantitative estimate of drug-likeness (QED) is 0.591. The molecule has 1 N–H and O–H groups in total. The third kappa shape index (κ3) is 1.35. The molecule has 0 radical (unpaired) electrons. The van der Waals surface area contributed by atoms with Gasteiger partial charge < -0.3 is 10.3 Å². The molecule has 0 amide bonds. The zero-order valence-electron chi connectivity index (χ0n) is 7.33. The predicted molar refractivity (Wildman–Crippen MR) is 52.9 cm³/mol. The van der Waals surface area contributed by atoms with E-state index in [4.69, 9.17) is 11.8 Å². The van der Waals surface area contributed by atoms with E-state index in [2.05, 4.69) is 17.0 Å². The fraction of sp³-hybridized carbons (Fsp3) is 0.400. The van der Waals surface area contributed by atoms with Gasteiger partial charge in [0.2, 0.25) is 0 Å². The monoisotopic (exact) mass is 173 g/mol. The number of aliphatic imine (C=N–C) groups is 1. The number of hydrogen-bond donors (Lipinski definition) is 1. The van der Waals surface area contributed by atoms with Crippen LogP contribution in [0.5, 0.6) is 0 Å². The van der Waals surface area contributed by atoms with Gasteiger partial charge in [0.05, 0.1) is 18.9 Å². The van der Waals surface area contributed by atoms with Crippen LogP contribution in [0.4, 0.5) is 0 Å². The van der Waals surface area contributed by atoms with E-state index in [1.807, 2.05) is 4.90 Å². The van der Waals surface area contributed by atoms with Crippen molar-refractivity contribution in [3.8, 4) is 12.3 Å². The molecule has 0 saturated carbocycles. The van der Waals surface area contributed by atoms with Gasteiger partial charge in [-0.3, -0.25) is 4.99 Å². The van der Waals surface area contributed by atoms with E-state index in [0.717, 1.165) is 18.6 Å². The molecular weight excluding hydrogens is 162 g/mol. The third-order valence-electron chi connectivity index (χ3n) is 2.32. The summed E-state index contributed by atoms with van der Waals surface area (Å²) in [7, 11) is 0. The third-order valence-corrected chi connectivity index (χ3v) is 2.32. The molecule has 0 bridgehead atoms. The summed E-state index contributed by atoms with van der Waals surface area (Å²) in [4.78, 5) is 6.29. The molecule has 0 spiro atoms. The fourth-order valence-corrected chi connectivity index (χ4v) is 1.68. The highest BCUT2D eigenvalue weighted by molar-refractivity contribution is 5.86. The number of fused-ring (bicyclic) bond motifs is 1. The maximum atomic E-state index is 7.53. The summed E-state index contributed by atoms with van der Waals surface area (Å²) in [6.45, 7) is 0.583. The SMILES string of the molecule is C#CCN1C=NC2CC(=N)CC=C21. The molecule has 1 unspecified atom stereocenters. The average molecular weight is 173 g/mol. The number of nitrogens with zero attached hydrogens (tertiary/aromatic N) is 2. The van der Waals surface area contributed by atoms with Crippen molar-refractivity contribution in [1.82, 2.24) is 4.90 Å². The van der Waals surface area contributed by atoms with Crippen LogP contribution in [-0.2, 0) is 0 Å². The van der Waals surface area contributed by atoms with E-state index in [1.165, 1.54) is 5.70 Å². The number of hydrogen-bond acceptors (Lipinski definition) is 3. The molecule has 1 aliphatic heterocycles. The summed E-state index contributed by atoms with van der Waals surface area (Å²) in [6.07, 6.45) is 10.6. The van der Waals surface area contributed by atoms with Gasteiger partial charge in [0, 0.05) is 24.3 Å². The van der Waals surface area contributed by atoms with Crippen LogP contribution in [0, 0.1) is 17.8 Å². The molecule has 2 aliphatic rings. The van der Waals surface area contributed by atoms with Crippen molar-refractivity contribution < 1.29 is 0 Å². The minimum atomic E-state index is 0.162. The fourth-order valence-electron chi connectivity index (χ4n) is 1.68. The zero-order valence-corrected chi connectivity index (χ0v) is 7.33. The molecule has 0 fully saturated rings. The molecule has 1 heterocycles. The van der Waals surface area contributed by atoms with Crippen LogP contribution >= 0.6 is 0 Å². The average Bonchev–Trinajstić information content (AvgIpc) is 2.49. The minimum absolute atomic E-state index is 0.162. The molecule has 0 aromatic carbocycles.